The Bertz CT molecular complexity index is 1200. The van der Waals surface area contributed by atoms with Crippen LogP contribution < -0.4 is 5.56 Å². The third-order valence-corrected chi connectivity index (χ3v) is 7.07. The molecule has 0 spiro atoms. The first-order valence-corrected chi connectivity index (χ1v) is 12.8. The van der Waals surface area contributed by atoms with Crippen molar-refractivity contribution in [1.29, 1.82) is 0 Å². The first kappa shape index (κ1) is 26.4. The van der Waals surface area contributed by atoms with Crippen molar-refractivity contribution in [2.45, 2.75) is 46.8 Å². The second-order valence-electron chi connectivity index (χ2n) is 10.0. The maximum Gasteiger partial charge on any atom is 0.252 e. The van der Waals surface area contributed by atoms with Crippen molar-refractivity contribution in [2.75, 3.05) is 53.1 Å². The van der Waals surface area contributed by atoms with E-state index in [0.717, 1.165) is 61.7 Å². The van der Waals surface area contributed by atoms with Crippen LogP contribution in [0.3, 0.4) is 0 Å². The highest BCUT2D eigenvalue weighted by atomic mass is 16.5. The van der Waals surface area contributed by atoms with Crippen LogP contribution in [-0.4, -0.2) is 88.1 Å². The number of aromatic nitrogens is 5. The predicted molar refractivity (Wildman–Crippen MR) is 139 cm³/mol. The summed E-state index contributed by atoms with van der Waals surface area (Å²) in [4.78, 5) is 21.1. The Labute approximate surface area is 212 Å². The van der Waals surface area contributed by atoms with Gasteiger partial charge in [0.25, 0.3) is 5.56 Å². The van der Waals surface area contributed by atoms with Crippen LogP contribution >= 0.6 is 0 Å². The molecule has 4 rings (SSSR count). The number of hydrogen-bond donors (Lipinski definition) is 1. The lowest BCUT2D eigenvalue weighted by atomic mass is 10.00. The maximum atomic E-state index is 13.2. The van der Waals surface area contributed by atoms with Gasteiger partial charge in [0, 0.05) is 50.9 Å². The van der Waals surface area contributed by atoms with Gasteiger partial charge in [-0.25, -0.2) is 4.68 Å². The normalized spacial score (nSPS) is 15.9. The Kier molecular flexibility index (Phi) is 8.84. The molecular formula is C26H39N7O3. The van der Waals surface area contributed by atoms with Gasteiger partial charge in [0.1, 0.15) is 0 Å². The topological polar surface area (TPSA) is 101 Å². The number of fused-ring (bicyclic) bond motifs is 1. The van der Waals surface area contributed by atoms with E-state index < -0.39 is 0 Å². The lowest BCUT2D eigenvalue weighted by molar-refractivity contribution is 0.0267. The summed E-state index contributed by atoms with van der Waals surface area (Å²) in [6, 6.07) is 6.17. The molecule has 1 N–H and O–H groups in total. The van der Waals surface area contributed by atoms with Crippen LogP contribution in [0.2, 0.25) is 0 Å². The maximum absolute atomic E-state index is 13.2. The fourth-order valence-corrected chi connectivity index (χ4v) is 4.91. The average molecular weight is 498 g/mol. The molecule has 1 aromatic carbocycles. The van der Waals surface area contributed by atoms with E-state index in [1.807, 2.05) is 16.8 Å². The summed E-state index contributed by atoms with van der Waals surface area (Å²) in [7, 11) is 1.67. The third-order valence-electron chi connectivity index (χ3n) is 7.07. The highest BCUT2D eigenvalue weighted by Gasteiger charge is 2.30. The lowest BCUT2D eigenvalue weighted by Crippen LogP contribution is -2.44. The van der Waals surface area contributed by atoms with E-state index >= 15 is 0 Å². The fraction of sp³-hybridized carbons (Fsp3) is 0.615. The summed E-state index contributed by atoms with van der Waals surface area (Å²) in [6.45, 7) is 15.1. The predicted octanol–water partition coefficient (Wildman–Crippen LogP) is 2.31. The van der Waals surface area contributed by atoms with E-state index in [1.54, 1.807) is 7.11 Å². The number of ether oxygens (including phenoxy) is 2. The lowest BCUT2D eigenvalue weighted by Gasteiger charge is -2.36. The van der Waals surface area contributed by atoms with Gasteiger partial charge < -0.3 is 14.5 Å². The molecule has 10 heteroatoms. The van der Waals surface area contributed by atoms with E-state index in [1.165, 1.54) is 11.1 Å². The summed E-state index contributed by atoms with van der Waals surface area (Å²) >= 11 is 0. The molecule has 3 aromatic rings. The Hall–Kier alpha value is -2.66. The molecule has 0 aliphatic carbocycles. The van der Waals surface area contributed by atoms with Crippen molar-refractivity contribution in [3.63, 3.8) is 0 Å². The van der Waals surface area contributed by atoms with Crippen LogP contribution in [0.1, 0.15) is 42.4 Å². The Balaban J connectivity index is 1.68. The summed E-state index contributed by atoms with van der Waals surface area (Å²) in [5, 5.41) is 13.7. The molecule has 0 bridgehead atoms. The quantitative estimate of drug-likeness (QED) is 0.431. The molecule has 0 unspecified atom stereocenters. The fourth-order valence-electron chi connectivity index (χ4n) is 4.91. The number of pyridine rings is 1. The van der Waals surface area contributed by atoms with Gasteiger partial charge in [-0.1, -0.05) is 13.8 Å². The molecule has 196 valence electrons. The van der Waals surface area contributed by atoms with Crippen LogP contribution in [0.25, 0.3) is 10.9 Å². The van der Waals surface area contributed by atoms with Crippen LogP contribution in [0.4, 0.5) is 0 Å². The smallest absolute Gasteiger partial charge is 0.252 e. The van der Waals surface area contributed by atoms with Gasteiger partial charge in [-0.15, -0.1) is 5.10 Å². The van der Waals surface area contributed by atoms with Gasteiger partial charge in [0.15, 0.2) is 5.82 Å². The number of nitrogens with one attached hydrogen (secondary N) is 1. The molecule has 0 amide bonds. The Morgan fingerprint density at radius 2 is 1.89 bits per heavy atom. The zero-order valence-corrected chi connectivity index (χ0v) is 22.2. The molecule has 0 saturated carbocycles. The van der Waals surface area contributed by atoms with Gasteiger partial charge in [-0.3, -0.25) is 14.6 Å². The zero-order valence-electron chi connectivity index (χ0n) is 22.2. The van der Waals surface area contributed by atoms with Crippen molar-refractivity contribution in [1.82, 2.24) is 35.0 Å². The molecule has 1 aliphatic rings. The van der Waals surface area contributed by atoms with Crippen molar-refractivity contribution < 1.29 is 9.47 Å². The number of tetrazole rings is 1. The number of methoxy groups -OCH3 is 1. The number of benzene rings is 1. The van der Waals surface area contributed by atoms with Gasteiger partial charge >= 0.3 is 0 Å². The summed E-state index contributed by atoms with van der Waals surface area (Å²) in [5.41, 5.74) is 3.94. The second kappa shape index (κ2) is 12.1. The number of morpholine rings is 1. The van der Waals surface area contributed by atoms with E-state index in [0.29, 0.717) is 19.7 Å². The Morgan fingerprint density at radius 3 is 2.61 bits per heavy atom. The summed E-state index contributed by atoms with van der Waals surface area (Å²) in [6.07, 6.45) is 0. The monoisotopic (exact) mass is 497 g/mol. The van der Waals surface area contributed by atoms with E-state index in [-0.39, 0.29) is 17.5 Å². The first-order chi connectivity index (χ1) is 17.4. The van der Waals surface area contributed by atoms with E-state index in [2.05, 4.69) is 64.1 Å². The molecule has 10 nitrogen and oxygen atoms in total. The minimum atomic E-state index is -0.0623. The highest BCUT2D eigenvalue weighted by molar-refractivity contribution is 5.80. The number of nitrogens with zero attached hydrogens (tertiary/aromatic N) is 6. The Morgan fingerprint density at radius 1 is 1.14 bits per heavy atom. The van der Waals surface area contributed by atoms with Crippen molar-refractivity contribution in [3.05, 3.63) is 51.1 Å². The van der Waals surface area contributed by atoms with Crippen LogP contribution in [-0.2, 0) is 22.6 Å². The highest BCUT2D eigenvalue weighted by Crippen LogP contribution is 2.29. The van der Waals surface area contributed by atoms with Crippen molar-refractivity contribution >= 4 is 10.9 Å². The molecule has 3 heterocycles. The van der Waals surface area contributed by atoms with Crippen LogP contribution in [0.5, 0.6) is 0 Å². The molecule has 36 heavy (non-hydrogen) atoms. The first-order valence-electron chi connectivity index (χ1n) is 12.8. The number of aryl methyl sites for hydroxylation is 2. The largest absolute Gasteiger partial charge is 0.383 e. The average Bonchev–Trinajstić information content (AvgIpc) is 3.31. The number of aromatic amines is 1. The standard InChI is InChI=1S/C26H39N7O3/c1-18(2)24(25-28-29-30-33(25)10-11-35-5)32(7-6-31-8-12-36-13-9-31)17-22-16-21-14-19(3)20(4)15-23(21)27-26(22)34/h14-16,18,24H,6-13,17H2,1-5H3,(H,27,34)/t24-/m1/s1. The van der Waals surface area contributed by atoms with Crippen LogP contribution in [0.15, 0.2) is 23.0 Å². The molecule has 0 radical (unpaired) electrons. The van der Waals surface area contributed by atoms with Gasteiger partial charge in [0.2, 0.25) is 0 Å². The van der Waals surface area contributed by atoms with Gasteiger partial charge in [-0.05, 0) is 64.9 Å². The molecule has 1 fully saturated rings. The van der Waals surface area contributed by atoms with Crippen LogP contribution in [0, 0.1) is 19.8 Å². The zero-order chi connectivity index (χ0) is 25.7. The second-order valence-corrected chi connectivity index (χ2v) is 10.0. The number of H-pyrrole nitrogens is 1. The molecule has 1 aliphatic heterocycles. The number of hydrogen-bond acceptors (Lipinski definition) is 8. The minimum Gasteiger partial charge on any atom is -0.383 e. The van der Waals surface area contributed by atoms with Gasteiger partial charge in [0.05, 0.1) is 32.4 Å². The summed E-state index contributed by atoms with van der Waals surface area (Å²) in [5.74, 6) is 1.03. The van der Waals surface area contributed by atoms with Gasteiger partial charge in [-0.2, -0.15) is 0 Å². The summed E-state index contributed by atoms with van der Waals surface area (Å²) < 4.78 is 12.6. The van der Waals surface area contributed by atoms with E-state index in [9.17, 15) is 4.79 Å². The van der Waals surface area contributed by atoms with Crippen molar-refractivity contribution in [3.8, 4) is 0 Å². The molecule has 1 saturated heterocycles. The molecule has 2 aromatic heterocycles. The molecular weight excluding hydrogens is 458 g/mol. The number of rotatable bonds is 11. The minimum absolute atomic E-state index is 0.0522. The third kappa shape index (κ3) is 6.18. The van der Waals surface area contributed by atoms with E-state index in [4.69, 9.17) is 9.47 Å². The van der Waals surface area contributed by atoms with Crippen molar-refractivity contribution in [2.24, 2.45) is 5.92 Å². The molecule has 1 atom stereocenters. The SMILES string of the molecule is COCCn1nnnc1[C@@H](C(C)C)N(CCN1CCOCC1)Cc1cc2cc(C)c(C)cc2[nH]c1=O.